The van der Waals surface area contributed by atoms with E-state index in [1.165, 1.54) is 11.1 Å². The molecule has 176 valence electrons. The molecule has 0 N–H and O–H groups in total. The molecule has 0 amide bonds. The van der Waals surface area contributed by atoms with E-state index < -0.39 is 5.72 Å². The molecular weight excluding hydrogens is 434 g/mol. The fourth-order valence-corrected chi connectivity index (χ4v) is 5.53. The zero-order chi connectivity index (χ0) is 24.0. The maximum atomic E-state index is 7.04. The lowest BCUT2D eigenvalue weighted by Crippen LogP contribution is -2.63. The van der Waals surface area contributed by atoms with Crippen molar-refractivity contribution in [3.63, 3.8) is 0 Å². The summed E-state index contributed by atoms with van der Waals surface area (Å²) >= 11 is 0. The van der Waals surface area contributed by atoms with E-state index in [4.69, 9.17) is 14.5 Å². The monoisotopic (exact) mass is 463 g/mol. The summed E-state index contributed by atoms with van der Waals surface area (Å²) in [5.74, 6) is 1.67. The summed E-state index contributed by atoms with van der Waals surface area (Å²) in [6, 6.07) is 24.7. The number of fused-ring (bicyclic) bond motifs is 4. The number of aromatic nitrogens is 1. The Kier molecular flexibility index (Phi) is 5.03. The molecule has 1 atom stereocenters. The molecule has 0 bridgehead atoms. The minimum atomic E-state index is -0.773. The van der Waals surface area contributed by atoms with Gasteiger partial charge in [0.05, 0.1) is 23.7 Å². The third-order valence-electron chi connectivity index (χ3n) is 7.41. The number of aliphatic imine (C=N–C) groups is 1. The number of ether oxygens (including phenoxy) is 2. The lowest BCUT2D eigenvalue weighted by atomic mass is 9.77. The number of nitrogens with zero attached hydrogens (tertiary/aromatic N) is 3. The molecule has 0 saturated carbocycles. The third kappa shape index (κ3) is 3.22. The van der Waals surface area contributed by atoms with Gasteiger partial charge in [-0.25, -0.2) is 0 Å². The molecule has 0 radical (unpaired) electrons. The number of aryl methyl sites for hydroxylation is 1. The number of pyridine rings is 1. The second-order valence-corrected chi connectivity index (χ2v) is 9.65. The SMILES string of the molecule is CCc1cc2c(c3cccnc13)N=CC1(O2)N(CCOc2ccccc2)c2ccccc2C1(C)C. The van der Waals surface area contributed by atoms with Crippen LogP contribution in [0.5, 0.6) is 11.5 Å². The van der Waals surface area contributed by atoms with E-state index in [-0.39, 0.29) is 5.41 Å². The van der Waals surface area contributed by atoms with Crippen molar-refractivity contribution in [2.45, 2.75) is 38.3 Å². The predicted octanol–water partition coefficient (Wildman–Crippen LogP) is 6.47. The third-order valence-corrected chi connectivity index (χ3v) is 7.41. The summed E-state index contributed by atoms with van der Waals surface area (Å²) in [6.45, 7) is 7.82. The van der Waals surface area contributed by atoms with Crippen molar-refractivity contribution >= 4 is 28.5 Å². The zero-order valence-corrected chi connectivity index (χ0v) is 20.4. The smallest absolute Gasteiger partial charge is 0.229 e. The van der Waals surface area contributed by atoms with Gasteiger partial charge in [0.1, 0.15) is 23.8 Å². The number of hydrogen-bond donors (Lipinski definition) is 0. The normalized spacial score (nSPS) is 19.5. The highest BCUT2D eigenvalue weighted by atomic mass is 16.5. The predicted molar refractivity (Wildman–Crippen MR) is 141 cm³/mol. The largest absolute Gasteiger partial charge is 0.492 e. The average molecular weight is 464 g/mol. The van der Waals surface area contributed by atoms with E-state index in [9.17, 15) is 0 Å². The standard InChI is InChI=1S/C30H29N3O2/c1-4-21-19-26-28(23-13-10-16-31-27(21)23)32-20-30(35-26)29(2,3)24-14-8-9-15-25(24)33(30)17-18-34-22-11-6-5-7-12-22/h5-16,19-20H,4,17-18H2,1-3H3. The van der Waals surface area contributed by atoms with Gasteiger partial charge >= 0.3 is 0 Å². The molecule has 35 heavy (non-hydrogen) atoms. The first-order valence-electron chi connectivity index (χ1n) is 12.2. The molecule has 2 aliphatic rings. The molecule has 1 aromatic heterocycles. The van der Waals surface area contributed by atoms with Gasteiger partial charge in [0, 0.05) is 17.3 Å². The van der Waals surface area contributed by atoms with Crippen LogP contribution in [-0.4, -0.2) is 30.1 Å². The molecule has 4 aromatic rings. The molecule has 3 aromatic carbocycles. The van der Waals surface area contributed by atoms with E-state index in [1.54, 1.807) is 0 Å². The Labute approximate surface area is 206 Å². The highest BCUT2D eigenvalue weighted by molar-refractivity contribution is 5.99. The van der Waals surface area contributed by atoms with Gasteiger partial charge in [-0.3, -0.25) is 9.98 Å². The number of anilines is 1. The molecule has 0 aliphatic carbocycles. The summed E-state index contributed by atoms with van der Waals surface area (Å²) in [7, 11) is 0. The van der Waals surface area contributed by atoms with Crippen LogP contribution in [-0.2, 0) is 11.8 Å². The summed E-state index contributed by atoms with van der Waals surface area (Å²) < 4.78 is 13.1. The van der Waals surface area contributed by atoms with Crippen LogP contribution in [0.4, 0.5) is 11.4 Å². The van der Waals surface area contributed by atoms with Crippen LogP contribution in [0, 0.1) is 0 Å². The topological polar surface area (TPSA) is 47.0 Å². The first-order chi connectivity index (χ1) is 17.0. The van der Waals surface area contributed by atoms with Crippen LogP contribution in [0.15, 0.2) is 84.0 Å². The van der Waals surface area contributed by atoms with Crippen LogP contribution in [0.2, 0.25) is 0 Å². The fraction of sp³-hybridized carbons (Fsp3) is 0.267. The van der Waals surface area contributed by atoms with Crippen molar-refractivity contribution in [3.8, 4) is 11.5 Å². The molecule has 2 aliphatic heterocycles. The second-order valence-electron chi connectivity index (χ2n) is 9.65. The molecule has 6 rings (SSSR count). The molecular formula is C30H29N3O2. The highest BCUT2D eigenvalue weighted by Gasteiger charge is 2.59. The van der Waals surface area contributed by atoms with Crippen LogP contribution < -0.4 is 14.4 Å². The maximum absolute atomic E-state index is 7.04. The molecule has 1 spiro atoms. The summed E-state index contributed by atoms with van der Waals surface area (Å²) in [6.07, 6.45) is 4.71. The van der Waals surface area contributed by atoms with Crippen LogP contribution in [0.1, 0.15) is 31.9 Å². The van der Waals surface area contributed by atoms with Gasteiger partial charge in [0.2, 0.25) is 5.72 Å². The molecule has 5 nitrogen and oxygen atoms in total. The first kappa shape index (κ1) is 21.7. The molecule has 3 heterocycles. The second kappa shape index (κ2) is 8.12. The Bertz CT molecular complexity index is 1430. The molecule has 0 saturated heterocycles. The Morgan fingerprint density at radius 3 is 2.60 bits per heavy atom. The fourth-order valence-electron chi connectivity index (χ4n) is 5.53. The van der Waals surface area contributed by atoms with Gasteiger partial charge in [-0.15, -0.1) is 0 Å². The quantitative estimate of drug-likeness (QED) is 0.341. The van der Waals surface area contributed by atoms with E-state index in [0.29, 0.717) is 13.2 Å². The number of benzene rings is 3. The minimum absolute atomic E-state index is 0.339. The van der Waals surface area contributed by atoms with Crippen LogP contribution >= 0.6 is 0 Å². The number of rotatable bonds is 5. The van der Waals surface area contributed by atoms with Crippen molar-refractivity contribution < 1.29 is 9.47 Å². The lowest BCUT2D eigenvalue weighted by Gasteiger charge is -2.46. The summed E-state index contributed by atoms with van der Waals surface area (Å²) in [5.41, 5.74) is 4.29. The van der Waals surface area contributed by atoms with Crippen LogP contribution in [0.25, 0.3) is 10.9 Å². The van der Waals surface area contributed by atoms with Gasteiger partial charge in [-0.1, -0.05) is 43.3 Å². The number of para-hydroxylation sites is 2. The zero-order valence-electron chi connectivity index (χ0n) is 20.4. The van der Waals surface area contributed by atoms with Gasteiger partial charge in [0.15, 0.2) is 0 Å². The van der Waals surface area contributed by atoms with Crippen molar-refractivity contribution in [3.05, 3.63) is 90.1 Å². The van der Waals surface area contributed by atoms with Crippen molar-refractivity contribution in [1.82, 2.24) is 4.98 Å². The van der Waals surface area contributed by atoms with Crippen LogP contribution in [0.3, 0.4) is 0 Å². The van der Waals surface area contributed by atoms with Crippen molar-refractivity contribution in [2.24, 2.45) is 4.99 Å². The first-order valence-corrected chi connectivity index (χ1v) is 12.2. The molecule has 1 unspecified atom stereocenters. The Balaban J connectivity index is 1.44. The Hall–Kier alpha value is -3.86. The number of hydrogen-bond acceptors (Lipinski definition) is 5. The van der Waals surface area contributed by atoms with Crippen molar-refractivity contribution in [2.75, 3.05) is 18.1 Å². The van der Waals surface area contributed by atoms with E-state index in [2.05, 4.69) is 67.1 Å². The van der Waals surface area contributed by atoms with Gasteiger partial charge in [-0.2, -0.15) is 0 Å². The minimum Gasteiger partial charge on any atom is -0.492 e. The maximum Gasteiger partial charge on any atom is 0.229 e. The molecule has 5 heteroatoms. The Morgan fingerprint density at radius 1 is 0.971 bits per heavy atom. The van der Waals surface area contributed by atoms with E-state index >= 15 is 0 Å². The summed E-state index contributed by atoms with van der Waals surface area (Å²) in [4.78, 5) is 12.0. The van der Waals surface area contributed by atoms with E-state index in [0.717, 1.165) is 40.2 Å². The van der Waals surface area contributed by atoms with Gasteiger partial charge in [0.25, 0.3) is 0 Å². The van der Waals surface area contributed by atoms with E-state index in [1.807, 2.05) is 48.8 Å². The van der Waals surface area contributed by atoms with Gasteiger partial charge < -0.3 is 14.4 Å². The lowest BCUT2D eigenvalue weighted by molar-refractivity contribution is 0.0750. The van der Waals surface area contributed by atoms with Crippen molar-refractivity contribution in [1.29, 1.82) is 0 Å². The Morgan fingerprint density at radius 2 is 1.77 bits per heavy atom. The summed E-state index contributed by atoms with van der Waals surface area (Å²) in [5, 5.41) is 1.03. The molecule has 0 fully saturated rings. The highest BCUT2D eigenvalue weighted by Crippen LogP contribution is 2.54. The average Bonchev–Trinajstić information content (AvgIpc) is 3.07. The van der Waals surface area contributed by atoms with Gasteiger partial charge in [-0.05, 0) is 67.8 Å².